The lowest BCUT2D eigenvalue weighted by atomic mass is 10.1. The van der Waals surface area contributed by atoms with E-state index in [-0.39, 0.29) is 5.69 Å². The molecule has 3 aromatic heterocycles. The maximum absolute atomic E-state index is 11.8. The van der Waals surface area contributed by atoms with Crippen LogP contribution in [0.3, 0.4) is 0 Å². The maximum atomic E-state index is 11.8. The van der Waals surface area contributed by atoms with Crippen LogP contribution in [0.2, 0.25) is 0 Å². The molecule has 10 nitrogen and oxygen atoms in total. The lowest BCUT2D eigenvalue weighted by Gasteiger charge is -2.11. The number of nitrogens with two attached hydrogens (primary N) is 1. The molecule has 0 unspecified atom stereocenters. The minimum absolute atomic E-state index is 0.273. The molecule has 3 heterocycles. The number of hydrogen-bond acceptors (Lipinski definition) is 9. The number of carbonyl (C=O) groups excluding carboxylic acids is 2. The van der Waals surface area contributed by atoms with Gasteiger partial charge in [0.2, 0.25) is 0 Å². The first-order valence-electron chi connectivity index (χ1n) is 11.6. The van der Waals surface area contributed by atoms with Gasteiger partial charge in [-0.1, -0.05) is 12.2 Å². The topological polar surface area (TPSA) is 146 Å². The molecule has 0 bridgehead atoms. The summed E-state index contributed by atoms with van der Waals surface area (Å²) in [5, 5.41) is 0.735. The number of esters is 2. The van der Waals surface area contributed by atoms with Crippen LogP contribution in [-0.2, 0) is 15.9 Å². The SMILES string of the molecule is C=C(C)Cc1c(N)nc(C2CC2)nc1C(=O)OC.COC(=O)c1nc(C2CC2)nc2[nH]c(C)cc12. The normalized spacial score (nSPS) is 14.7. The Balaban J connectivity index is 0.000000165. The molecule has 0 aliphatic heterocycles. The molecule has 2 aliphatic rings. The highest BCUT2D eigenvalue weighted by Gasteiger charge is 2.30. The predicted octanol–water partition coefficient (Wildman–Crippen LogP) is 3.77. The van der Waals surface area contributed by atoms with Gasteiger partial charge in [-0.15, -0.1) is 0 Å². The van der Waals surface area contributed by atoms with Gasteiger partial charge in [-0.3, -0.25) is 0 Å². The van der Waals surface area contributed by atoms with E-state index >= 15 is 0 Å². The summed E-state index contributed by atoms with van der Waals surface area (Å²) >= 11 is 0. The van der Waals surface area contributed by atoms with Gasteiger partial charge in [-0.2, -0.15) is 0 Å². The molecule has 35 heavy (non-hydrogen) atoms. The molecule has 2 fully saturated rings. The van der Waals surface area contributed by atoms with Gasteiger partial charge in [-0.05, 0) is 52.0 Å². The molecule has 2 aliphatic carbocycles. The van der Waals surface area contributed by atoms with Gasteiger partial charge in [0.15, 0.2) is 11.4 Å². The van der Waals surface area contributed by atoms with Crippen LogP contribution in [0.4, 0.5) is 5.82 Å². The number of hydrogen-bond donors (Lipinski definition) is 2. The monoisotopic (exact) mass is 478 g/mol. The smallest absolute Gasteiger partial charge is 0.357 e. The molecular weight excluding hydrogens is 448 g/mol. The molecule has 0 atom stereocenters. The first-order valence-corrected chi connectivity index (χ1v) is 11.6. The first kappa shape index (κ1) is 24.3. The van der Waals surface area contributed by atoms with Crippen molar-refractivity contribution in [1.29, 1.82) is 0 Å². The van der Waals surface area contributed by atoms with E-state index in [9.17, 15) is 9.59 Å². The molecular formula is C25H30N6O4. The van der Waals surface area contributed by atoms with Gasteiger partial charge in [-0.25, -0.2) is 29.5 Å². The van der Waals surface area contributed by atoms with Gasteiger partial charge in [0.1, 0.15) is 23.1 Å². The predicted molar refractivity (Wildman–Crippen MR) is 130 cm³/mol. The maximum Gasteiger partial charge on any atom is 0.357 e. The van der Waals surface area contributed by atoms with Crippen LogP contribution < -0.4 is 5.73 Å². The number of rotatable bonds is 6. The Kier molecular flexibility index (Phi) is 6.81. The Morgan fingerprint density at radius 1 is 1.00 bits per heavy atom. The van der Waals surface area contributed by atoms with Crippen LogP contribution >= 0.6 is 0 Å². The number of nitrogens with one attached hydrogen (secondary N) is 1. The molecule has 0 amide bonds. The molecule has 0 radical (unpaired) electrons. The summed E-state index contributed by atoms with van der Waals surface area (Å²) < 4.78 is 9.52. The first-order chi connectivity index (χ1) is 16.7. The van der Waals surface area contributed by atoms with Crippen molar-refractivity contribution in [3.8, 4) is 0 Å². The zero-order valence-corrected chi connectivity index (χ0v) is 20.5. The Bertz CT molecular complexity index is 1310. The molecule has 10 heteroatoms. The third-order valence-electron chi connectivity index (χ3n) is 5.82. The largest absolute Gasteiger partial charge is 0.464 e. The highest BCUT2D eigenvalue weighted by atomic mass is 16.5. The Labute approximate surface area is 203 Å². The van der Waals surface area contributed by atoms with E-state index in [2.05, 4.69) is 31.5 Å². The second kappa shape index (κ2) is 9.81. The summed E-state index contributed by atoms with van der Waals surface area (Å²) in [7, 11) is 2.70. The number of allylic oxidation sites excluding steroid dienone is 1. The Hall–Kier alpha value is -3.82. The molecule has 3 N–H and O–H groups in total. The third-order valence-corrected chi connectivity index (χ3v) is 5.82. The van der Waals surface area contributed by atoms with Crippen molar-refractivity contribution in [2.45, 2.75) is 57.8 Å². The number of nitrogens with zero attached hydrogens (tertiary/aromatic N) is 4. The zero-order valence-electron chi connectivity index (χ0n) is 20.5. The fourth-order valence-corrected chi connectivity index (χ4v) is 3.72. The number of aromatic amines is 1. The summed E-state index contributed by atoms with van der Waals surface area (Å²) in [4.78, 5) is 44.0. The van der Waals surface area contributed by atoms with Crippen LogP contribution in [0.15, 0.2) is 18.2 Å². The molecule has 184 valence electrons. The summed E-state index contributed by atoms with van der Waals surface area (Å²) in [5.41, 5.74) is 9.76. The Morgan fingerprint density at radius 2 is 1.54 bits per heavy atom. The average molecular weight is 479 g/mol. The highest BCUT2D eigenvalue weighted by Crippen LogP contribution is 2.39. The summed E-state index contributed by atoms with van der Waals surface area (Å²) in [6.07, 6.45) is 4.80. The zero-order chi connectivity index (χ0) is 25.3. The van der Waals surface area contributed by atoms with E-state index in [4.69, 9.17) is 15.2 Å². The summed E-state index contributed by atoms with van der Waals surface area (Å²) in [5.74, 6) is 1.63. The van der Waals surface area contributed by atoms with E-state index in [1.165, 1.54) is 14.2 Å². The number of fused-ring (bicyclic) bond motifs is 1. The molecule has 0 aromatic carbocycles. The third kappa shape index (κ3) is 5.47. The lowest BCUT2D eigenvalue weighted by Crippen LogP contribution is -2.15. The van der Waals surface area contributed by atoms with Gasteiger partial charge in [0.05, 0.1) is 19.6 Å². The number of methoxy groups -OCH3 is 2. The number of aryl methyl sites for hydroxylation is 1. The second-order valence-corrected chi connectivity index (χ2v) is 9.10. The lowest BCUT2D eigenvalue weighted by molar-refractivity contribution is 0.0585. The van der Waals surface area contributed by atoms with Crippen LogP contribution in [0, 0.1) is 6.92 Å². The fourth-order valence-electron chi connectivity index (χ4n) is 3.72. The summed E-state index contributed by atoms with van der Waals surface area (Å²) in [6.45, 7) is 7.62. The van der Waals surface area contributed by atoms with Crippen molar-refractivity contribution in [1.82, 2.24) is 24.9 Å². The van der Waals surface area contributed by atoms with E-state index in [0.29, 0.717) is 41.2 Å². The van der Waals surface area contributed by atoms with Crippen LogP contribution in [0.5, 0.6) is 0 Å². The van der Waals surface area contributed by atoms with Gasteiger partial charge in [0.25, 0.3) is 0 Å². The summed E-state index contributed by atoms with van der Waals surface area (Å²) in [6, 6.07) is 1.87. The van der Waals surface area contributed by atoms with Crippen LogP contribution in [0.25, 0.3) is 11.0 Å². The quantitative estimate of drug-likeness (QED) is 0.399. The van der Waals surface area contributed by atoms with E-state index in [1.54, 1.807) is 0 Å². The number of aromatic nitrogens is 5. The van der Waals surface area contributed by atoms with Crippen molar-refractivity contribution in [3.63, 3.8) is 0 Å². The number of ether oxygens (including phenoxy) is 2. The Morgan fingerprint density at radius 3 is 2.09 bits per heavy atom. The van der Waals surface area contributed by atoms with Crippen LogP contribution in [-0.4, -0.2) is 51.1 Å². The van der Waals surface area contributed by atoms with Crippen LogP contribution in [0.1, 0.15) is 88.3 Å². The van der Waals surface area contributed by atoms with Crippen molar-refractivity contribution >= 4 is 28.8 Å². The van der Waals surface area contributed by atoms with Crippen molar-refractivity contribution in [2.24, 2.45) is 0 Å². The number of nitrogen functional groups attached to an aromatic ring is 1. The standard InChI is InChI=1S/C13H17N3O2.C12H13N3O2/c1-7(2)6-9-10(13(17)18-3)15-12(8-4-5-8)16-11(9)14;1-6-5-8-9(12(16)17-2)14-10(7-3-4-7)15-11(8)13-6/h8H,1,4-6H2,2-3H3,(H2,14,15,16);5,7H,3-4H2,1-2H3,(H,13,14,15). The van der Waals surface area contributed by atoms with Gasteiger partial charge in [0, 0.05) is 23.1 Å². The van der Waals surface area contributed by atoms with Crippen molar-refractivity contribution < 1.29 is 19.1 Å². The average Bonchev–Trinajstić information content (AvgIpc) is 3.74. The second-order valence-electron chi connectivity index (χ2n) is 9.10. The highest BCUT2D eigenvalue weighted by molar-refractivity contribution is 6.01. The number of anilines is 1. The molecule has 3 aromatic rings. The minimum Gasteiger partial charge on any atom is -0.464 e. The van der Waals surface area contributed by atoms with Gasteiger partial charge >= 0.3 is 11.9 Å². The minimum atomic E-state index is -0.470. The number of carbonyl (C=O) groups is 2. The molecule has 5 rings (SSSR count). The van der Waals surface area contributed by atoms with Crippen molar-refractivity contribution in [3.05, 3.63) is 52.5 Å². The molecule has 0 saturated heterocycles. The number of H-pyrrole nitrogens is 1. The van der Waals surface area contributed by atoms with E-state index in [0.717, 1.165) is 53.8 Å². The van der Waals surface area contributed by atoms with Crippen molar-refractivity contribution in [2.75, 3.05) is 20.0 Å². The fraction of sp³-hybridized carbons (Fsp3) is 0.440. The van der Waals surface area contributed by atoms with E-state index < -0.39 is 11.9 Å². The van der Waals surface area contributed by atoms with Gasteiger partial charge < -0.3 is 20.2 Å². The molecule has 2 saturated carbocycles. The molecule has 0 spiro atoms. The van der Waals surface area contributed by atoms with E-state index in [1.807, 2.05) is 19.9 Å².